The van der Waals surface area contributed by atoms with Gasteiger partial charge in [-0.3, -0.25) is 4.98 Å². The molecule has 0 saturated heterocycles. The fraction of sp³-hybridized carbons (Fsp3) is 0.353. The summed E-state index contributed by atoms with van der Waals surface area (Å²) in [7, 11) is 0. The van der Waals surface area contributed by atoms with Gasteiger partial charge in [0.1, 0.15) is 17.3 Å². The summed E-state index contributed by atoms with van der Waals surface area (Å²) in [6.07, 6.45) is -3.58. The van der Waals surface area contributed by atoms with Crippen molar-refractivity contribution in [3.05, 3.63) is 47.5 Å². The van der Waals surface area contributed by atoms with Gasteiger partial charge >= 0.3 is 6.18 Å². The van der Waals surface area contributed by atoms with Crippen molar-refractivity contribution in [2.75, 3.05) is 0 Å². The third-order valence-corrected chi connectivity index (χ3v) is 3.33. The van der Waals surface area contributed by atoms with Crippen molar-refractivity contribution in [2.45, 2.75) is 39.0 Å². The molecular weight excluding hydrogens is 324 g/mol. The Bertz CT molecular complexity index is 719. The molecule has 3 nitrogen and oxygen atoms in total. The van der Waals surface area contributed by atoms with E-state index in [-0.39, 0.29) is 29.0 Å². The lowest BCUT2D eigenvalue weighted by atomic mass is 10.0. The van der Waals surface area contributed by atoms with Crippen LogP contribution in [-0.2, 0) is 12.7 Å². The van der Waals surface area contributed by atoms with Gasteiger partial charge in [0.2, 0.25) is 0 Å². The van der Waals surface area contributed by atoms with E-state index in [4.69, 9.17) is 0 Å². The fourth-order valence-corrected chi connectivity index (χ4v) is 2.09. The molecule has 0 amide bonds. The smallest absolute Gasteiger partial charge is 0.433 e. The number of aromatic hydroxyl groups is 1. The molecule has 7 heteroatoms. The van der Waals surface area contributed by atoms with Crippen molar-refractivity contribution in [1.82, 2.24) is 10.3 Å². The largest absolute Gasteiger partial charge is 0.507 e. The SMILES string of the molecule is CC(C)(C)NCc1cc(F)cc(-c2ccc(C(F)(F)F)nc2)c1O. The maximum atomic E-state index is 13.8. The van der Waals surface area contributed by atoms with Crippen LogP contribution < -0.4 is 5.32 Å². The lowest BCUT2D eigenvalue weighted by Crippen LogP contribution is -2.35. The average molecular weight is 342 g/mol. The summed E-state index contributed by atoms with van der Waals surface area (Å²) in [6, 6.07) is 4.22. The van der Waals surface area contributed by atoms with Gasteiger partial charge in [-0.25, -0.2) is 4.39 Å². The number of phenols is 1. The monoisotopic (exact) mass is 342 g/mol. The van der Waals surface area contributed by atoms with Crippen molar-refractivity contribution in [1.29, 1.82) is 0 Å². The van der Waals surface area contributed by atoms with Gasteiger partial charge in [0.15, 0.2) is 0 Å². The molecule has 0 radical (unpaired) electrons. The summed E-state index contributed by atoms with van der Waals surface area (Å²) in [4.78, 5) is 3.34. The van der Waals surface area contributed by atoms with E-state index in [1.807, 2.05) is 20.8 Å². The second-order valence-corrected chi connectivity index (χ2v) is 6.49. The zero-order valence-electron chi connectivity index (χ0n) is 13.5. The Kier molecular flexibility index (Phi) is 4.85. The van der Waals surface area contributed by atoms with E-state index in [1.54, 1.807) is 0 Å². The first-order valence-electron chi connectivity index (χ1n) is 7.27. The van der Waals surface area contributed by atoms with E-state index in [0.717, 1.165) is 24.4 Å². The van der Waals surface area contributed by atoms with E-state index in [2.05, 4.69) is 10.3 Å². The minimum absolute atomic E-state index is 0.0990. The number of hydrogen-bond donors (Lipinski definition) is 2. The van der Waals surface area contributed by atoms with Crippen molar-refractivity contribution in [2.24, 2.45) is 0 Å². The number of pyridine rings is 1. The number of benzene rings is 1. The Morgan fingerprint density at radius 1 is 1.12 bits per heavy atom. The molecule has 24 heavy (non-hydrogen) atoms. The molecule has 0 aliphatic rings. The number of hydrogen-bond acceptors (Lipinski definition) is 3. The van der Waals surface area contributed by atoms with Crippen LogP contribution in [0, 0.1) is 5.82 Å². The lowest BCUT2D eigenvalue weighted by molar-refractivity contribution is -0.141. The highest BCUT2D eigenvalue weighted by atomic mass is 19.4. The standard InChI is InChI=1S/C17H18F4N2O/c1-16(2,3)23-9-11-6-12(18)7-13(15(11)24)10-4-5-14(22-8-10)17(19,20)21/h4-8,23-24H,9H2,1-3H3. The van der Waals surface area contributed by atoms with Gasteiger partial charge < -0.3 is 10.4 Å². The Balaban J connectivity index is 2.38. The summed E-state index contributed by atoms with van der Waals surface area (Å²) in [5, 5.41) is 13.5. The molecule has 2 N–H and O–H groups in total. The molecule has 0 saturated carbocycles. The van der Waals surface area contributed by atoms with Crippen LogP contribution in [0.1, 0.15) is 32.0 Å². The van der Waals surface area contributed by atoms with E-state index < -0.39 is 17.7 Å². The average Bonchev–Trinajstić information content (AvgIpc) is 2.46. The van der Waals surface area contributed by atoms with Crippen molar-refractivity contribution in [3.8, 4) is 16.9 Å². The van der Waals surface area contributed by atoms with Crippen LogP contribution in [0.5, 0.6) is 5.75 Å². The number of aromatic nitrogens is 1. The van der Waals surface area contributed by atoms with Gasteiger partial charge in [0.25, 0.3) is 0 Å². The predicted molar refractivity (Wildman–Crippen MR) is 82.9 cm³/mol. The lowest BCUT2D eigenvalue weighted by Gasteiger charge is -2.21. The van der Waals surface area contributed by atoms with E-state index in [0.29, 0.717) is 5.56 Å². The molecule has 0 spiro atoms. The van der Waals surface area contributed by atoms with Crippen LogP contribution in [0.3, 0.4) is 0 Å². The maximum Gasteiger partial charge on any atom is 0.433 e. The number of halogens is 4. The van der Waals surface area contributed by atoms with Gasteiger partial charge in [-0.05, 0) is 39.0 Å². The molecule has 2 rings (SSSR count). The quantitative estimate of drug-likeness (QED) is 0.807. The van der Waals surface area contributed by atoms with E-state index in [9.17, 15) is 22.7 Å². The second-order valence-electron chi connectivity index (χ2n) is 6.49. The molecule has 0 unspecified atom stereocenters. The predicted octanol–water partition coefficient (Wildman–Crippen LogP) is 4.50. The Hall–Kier alpha value is -2.15. The van der Waals surface area contributed by atoms with Crippen LogP contribution >= 0.6 is 0 Å². The second kappa shape index (κ2) is 6.39. The molecule has 0 aliphatic heterocycles. The molecular formula is C17H18F4N2O. The van der Waals surface area contributed by atoms with E-state index >= 15 is 0 Å². The molecule has 0 bridgehead atoms. The summed E-state index contributed by atoms with van der Waals surface area (Å²) in [6.45, 7) is 5.98. The normalized spacial score (nSPS) is 12.5. The summed E-state index contributed by atoms with van der Waals surface area (Å²) in [5.41, 5.74) is -0.662. The topological polar surface area (TPSA) is 45.2 Å². The Labute approximate surface area is 137 Å². The van der Waals surface area contributed by atoms with Crippen LogP contribution in [-0.4, -0.2) is 15.6 Å². The molecule has 130 valence electrons. The molecule has 0 fully saturated rings. The first-order chi connectivity index (χ1) is 11.0. The first kappa shape index (κ1) is 18.2. The van der Waals surface area contributed by atoms with Crippen LogP contribution in [0.25, 0.3) is 11.1 Å². The number of nitrogens with zero attached hydrogens (tertiary/aromatic N) is 1. The minimum Gasteiger partial charge on any atom is -0.507 e. The van der Waals surface area contributed by atoms with Gasteiger partial charge in [-0.2, -0.15) is 13.2 Å². The van der Waals surface area contributed by atoms with Gasteiger partial charge in [0.05, 0.1) is 0 Å². The fourth-order valence-electron chi connectivity index (χ4n) is 2.09. The van der Waals surface area contributed by atoms with Crippen molar-refractivity contribution in [3.63, 3.8) is 0 Å². The van der Waals surface area contributed by atoms with Gasteiger partial charge in [0, 0.05) is 35.0 Å². The van der Waals surface area contributed by atoms with E-state index in [1.165, 1.54) is 6.07 Å². The molecule has 1 aromatic heterocycles. The summed E-state index contributed by atoms with van der Waals surface area (Å²) in [5.74, 6) is -0.775. The minimum atomic E-state index is -4.55. The van der Waals surface area contributed by atoms with Gasteiger partial charge in [-0.1, -0.05) is 6.07 Å². The molecule has 1 aromatic carbocycles. The zero-order chi connectivity index (χ0) is 18.1. The van der Waals surface area contributed by atoms with Crippen LogP contribution in [0.2, 0.25) is 0 Å². The molecule has 0 aliphatic carbocycles. The summed E-state index contributed by atoms with van der Waals surface area (Å²) >= 11 is 0. The van der Waals surface area contributed by atoms with Crippen molar-refractivity contribution >= 4 is 0 Å². The number of rotatable bonds is 3. The van der Waals surface area contributed by atoms with Crippen LogP contribution in [0.4, 0.5) is 17.6 Å². The maximum absolute atomic E-state index is 13.8. The molecule has 0 atom stereocenters. The Morgan fingerprint density at radius 3 is 2.29 bits per heavy atom. The van der Waals surface area contributed by atoms with Crippen molar-refractivity contribution < 1.29 is 22.7 Å². The number of alkyl halides is 3. The highest BCUT2D eigenvalue weighted by Crippen LogP contribution is 2.35. The zero-order valence-corrected chi connectivity index (χ0v) is 13.5. The Morgan fingerprint density at radius 2 is 1.79 bits per heavy atom. The third-order valence-electron chi connectivity index (χ3n) is 3.33. The highest BCUT2D eigenvalue weighted by Gasteiger charge is 2.32. The molecule has 2 aromatic rings. The summed E-state index contributed by atoms with van der Waals surface area (Å²) < 4.78 is 51.5. The highest BCUT2D eigenvalue weighted by molar-refractivity contribution is 5.71. The first-order valence-corrected chi connectivity index (χ1v) is 7.27. The number of nitrogens with one attached hydrogen (secondary N) is 1. The molecule has 1 heterocycles. The number of phenolic OH excluding ortho intramolecular Hbond substituents is 1. The van der Waals surface area contributed by atoms with Crippen LogP contribution in [0.15, 0.2) is 30.5 Å². The third kappa shape index (κ3) is 4.44. The van der Waals surface area contributed by atoms with Gasteiger partial charge in [-0.15, -0.1) is 0 Å².